The van der Waals surface area contributed by atoms with Crippen molar-refractivity contribution in [1.29, 1.82) is 0 Å². The average Bonchev–Trinajstić information content (AvgIpc) is 2.97. The van der Waals surface area contributed by atoms with Crippen LogP contribution in [0.5, 0.6) is 5.75 Å². The van der Waals surface area contributed by atoms with Gasteiger partial charge in [0.1, 0.15) is 11.8 Å². The summed E-state index contributed by atoms with van der Waals surface area (Å²) in [6, 6.07) is 20.4. The number of carbonyl (C=O) groups excluding carboxylic acids is 2. The molecule has 2 amide bonds. The van der Waals surface area contributed by atoms with Crippen molar-refractivity contribution in [3.8, 4) is 5.75 Å². The van der Waals surface area contributed by atoms with Crippen molar-refractivity contribution in [3.05, 3.63) is 94.0 Å². The zero-order valence-electron chi connectivity index (χ0n) is 24.1. The summed E-state index contributed by atoms with van der Waals surface area (Å²) >= 11 is 13.0. The maximum atomic E-state index is 13.9. The summed E-state index contributed by atoms with van der Waals surface area (Å²) < 4.78 is 31.7. The monoisotopic (exact) mass is 633 g/mol. The molecule has 8 nitrogen and oxygen atoms in total. The van der Waals surface area contributed by atoms with E-state index < -0.39 is 16.1 Å². The molecule has 0 fully saturated rings. The number of hydrogen-bond acceptors (Lipinski definition) is 5. The van der Waals surface area contributed by atoms with E-state index in [1.54, 1.807) is 42.5 Å². The number of hydrogen-bond donors (Lipinski definition) is 1. The smallest absolute Gasteiger partial charge is 0.243 e. The normalized spacial score (nSPS) is 11.9. The lowest BCUT2D eigenvalue weighted by Crippen LogP contribution is -2.50. The van der Waals surface area contributed by atoms with Crippen molar-refractivity contribution in [2.75, 3.05) is 30.8 Å². The Morgan fingerprint density at radius 2 is 1.60 bits per heavy atom. The van der Waals surface area contributed by atoms with Crippen LogP contribution in [0.15, 0.2) is 72.8 Å². The Balaban J connectivity index is 1.90. The van der Waals surface area contributed by atoms with Gasteiger partial charge >= 0.3 is 0 Å². The molecular weight excluding hydrogens is 597 g/mol. The third kappa shape index (κ3) is 9.37. The van der Waals surface area contributed by atoms with Crippen LogP contribution in [-0.2, 0) is 32.6 Å². The molecule has 0 heterocycles. The fourth-order valence-corrected chi connectivity index (χ4v) is 6.01. The summed E-state index contributed by atoms with van der Waals surface area (Å²) in [5.41, 5.74) is 1.89. The highest BCUT2D eigenvalue weighted by molar-refractivity contribution is 7.92. The van der Waals surface area contributed by atoms with Crippen molar-refractivity contribution in [2.45, 2.75) is 45.2 Å². The number of halogens is 2. The summed E-state index contributed by atoms with van der Waals surface area (Å²) in [6.07, 6.45) is 2.36. The van der Waals surface area contributed by atoms with Crippen molar-refractivity contribution in [2.24, 2.45) is 0 Å². The molecule has 1 atom stereocenters. The highest BCUT2D eigenvalue weighted by atomic mass is 35.5. The number of sulfonamides is 1. The molecule has 3 rings (SSSR count). The molecule has 0 bridgehead atoms. The van der Waals surface area contributed by atoms with Crippen molar-refractivity contribution in [1.82, 2.24) is 10.2 Å². The molecule has 0 aromatic heterocycles. The number of anilines is 1. The van der Waals surface area contributed by atoms with Crippen LogP contribution in [0, 0.1) is 0 Å². The summed E-state index contributed by atoms with van der Waals surface area (Å²) in [4.78, 5) is 28.9. The molecule has 42 heavy (non-hydrogen) atoms. The topological polar surface area (TPSA) is 96.0 Å². The van der Waals surface area contributed by atoms with E-state index in [1.807, 2.05) is 37.3 Å². The third-order valence-electron chi connectivity index (χ3n) is 6.72. The standard InChI is InChI=1S/C31H37Cl2N3O5S/c1-4-19-34-31(38)29(21-23-10-6-5-7-11-23)35(22-26-27(32)12-8-13-28(26)33)30(37)14-9-20-36(42(3,39)40)24-15-17-25(41-2)18-16-24/h5-8,10-13,15-18,29H,4,9,14,19-22H2,1-3H3,(H,34,38)/t29-/m1/s1. The van der Waals surface area contributed by atoms with Gasteiger partial charge in [0.25, 0.3) is 0 Å². The number of nitrogens with zero attached hydrogens (tertiary/aromatic N) is 2. The van der Waals surface area contributed by atoms with Crippen molar-refractivity contribution >= 4 is 50.7 Å². The van der Waals surface area contributed by atoms with E-state index in [9.17, 15) is 18.0 Å². The number of carbonyl (C=O) groups is 2. The van der Waals surface area contributed by atoms with Gasteiger partial charge < -0.3 is 15.0 Å². The summed E-state index contributed by atoms with van der Waals surface area (Å²) in [6.45, 7) is 2.51. The van der Waals surface area contributed by atoms with E-state index in [0.29, 0.717) is 33.6 Å². The van der Waals surface area contributed by atoms with Crippen molar-refractivity contribution in [3.63, 3.8) is 0 Å². The molecular formula is C31H37Cl2N3O5S. The van der Waals surface area contributed by atoms with E-state index in [4.69, 9.17) is 27.9 Å². The summed E-state index contributed by atoms with van der Waals surface area (Å²) in [5, 5.41) is 3.70. The van der Waals surface area contributed by atoms with Gasteiger partial charge in [-0.05, 0) is 54.8 Å². The third-order valence-corrected chi connectivity index (χ3v) is 8.63. The second-order valence-electron chi connectivity index (χ2n) is 9.86. The minimum absolute atomic E-state index is 0.00338. The van der Waals surface area contributed by atoms with Gasteiger partial charge in [-0.1, -0.05) is 66.5 Å². The van der Waals surface area contributed by atoms with Crippen LogP contribution in [0.3, 0.4) is 0 Å². The fourth-order valence-electron chi connectivity index (χ4n) is 4.53. The van der Waals surface area contributed by atoms with Crippen LogP contribution < -0.4 is 14.4 Å². The molecule has 3 aromatic carbocycles. The summed E-state index contributed by atoms with van der Waals surface area (Å²) in [7, 11) is -2.10. The molecule has 3 aromatic rings. The first-order chi connectivity index (χ1) is 20.0. The molecule has 0 aliphatic rings. The molecule has 0 saturated heterocycles. The maximum absolute atomic E-state index is 13.9. The van der Waals surface area contributed by atoms with E-state index in [-0.39, 0.29) is 44.2 Å². The lowest BCUT2D eigenvalue weighted by atomic mass is 10.0. The second kappa shape index (κ2) is 15.8. The van der Waals surface area contributed by atoms with Crippen LogP contribution >= 0.6 is 23.2 Å². The number of ether oxygens (including phenoxy) is 1. The molecule has 11 heteroatoms. The first kappa shape index (κ1) is 33.2. The van der Waals surface area contributed by atoms with Gasteiger partial charge in [0, 0.05) is 48.1 Å². The Morgan fingerprint density at radius 3 is 2.17 bits per heavy atom. The molecule has 226 valence electrons. The highest BCUT2D eigenvalue weighted by Crippen LogP contribution is 2.28. The lowest BCUT2D eigenvalue weighted by molar-refractivity contribution is -0.141. The zero-order chi connectivity index (χ0) is 30.7. The van der Waals surface area contributed by atoms with Crippen molar-refractivity contribution < 1.29 is 22.7 Å². The van der Waals surface area contributed by atoms with Gasteiger partial charge in [-0.25, -0.2) is 8.42 Å². The van der Waals surface area contributed by atoms with Gasteiger partial charge in [0.2, 0.25) is 21.8 Å². The number of rotatable bonds is 15. The van der Waals surface area contributed by atoms with E-state index in [1.165, 1.54) is 16.3 Å². The lowest BCUT2D eigenvalue weighted by Gasteiger charge is -2.32. The number of nitrogens with one attached hydrogen (secondary N) is 1. The Labute approximate surface area is 258 Å². The quantitative estimate of drug-likeness (QED) is 0.231. The molecule has 0 unspecified atom stereocenters. The van der Waals surface area contributed by atoms with Crippen LogP contribution in [-0.4, -0.2) is 57.6 Å². The average molecular weight is 635 g/mol. The van der Waals surface area contributed by atoms with Gasteiger partial charge in [0.15, 0.2) is 0 Å². The largest absolute Gasteiger partial charge is 0.497 e. The number of benzene rings is 3. The number of amides is 2. The first-order valence-electron chi connectivity index (χ1n) is 13.7. The van der Waals surface area contributed by atoms with Gasteiger partial charge in [-0.3, -0.25) is 13.9 Å². The van der Waals surface area contributed by atoms with E-state index in [2.05, 4.69) is 5.32 Å². The molecule has 0 radical (unpaired) electrons. The first-order valence-corrected chi connectivity index (χ1v) is 16.3. The maximum Gasteiger partial charge on any atom is 0.243 e. The minimum Gasteiger partial charge on any atom is -0.497 e. The number of methoxy groups -OCH3 is 1. The van der Waals surface area contributed by atoms with Crippen LogP contribution in [0.4, 0.5) is 5.69 Å². The summed E-state index contributed by atoms with van der Waals surface area (Å²) in [5.74, 6) is -0.00275. The van der Waals surface area contributed by atoms with Gasteiger partial charge in [0.05, 0.1) is 19.1 Å². The Hall–Kier alpha value is -3.27. The Morgan fingerprint density at radius 1 is 0.952 bits per heavy atom. The molecule has 0 saturated carbocycles. The molecule has 1 N–H and O–H groups in total. The fraction of sp³-hybridized carbons (Fsp3) is 0.355. The molecule has 0 aliphatic carbocycles. The van der Waals surface area contributed by atoms with Gasteiger partial charge in [-0.15, -0.1) is 0 Å². The SMILES string of the molecule is CCCNC(=O)[C@@H](Cc1ccccc1)N(Cc1c(Cl)cccc1Cl)C(=O)CCCN(c1ccc(OC)cc1)S(C)(=O)=O. The zero-order valence-corrected chi connectivity index (χ0v) is 26.4. The molecule has 0 aliphatic heterocycles. The minimum atomic E-state index is -3.63. The predicted octanol–water partition coefficient (Wildman–Crippen LogP) is 5.71. The van der Waals surface area contributed by atoms with Gasteiger partial charge in [-0.2, -0.15) is 0 Å². The molecule has 0 spiro atoms. The Kier molecular flexibility index (Phi) is 12.5. The second-order valence-corrected chi connectivity index (χ2v) is 12.6. The predicted molar refractivity (Wildman–Crippen MR) is 169 cm³/mol. The van der Waals surface area contributed by atoms with Crippen LogP contribution in [0.1, 0.15) is 37.3 Å². The van der Waals surface area contributed by atoms with E-state index >= 15 is 0 Å². The Bertz CT molecular complexity index is 1420. The van der Waals surface area contributed by atoms with E-state index in [0.717, 1.165) is 18.2 Å². The highest BCUT2D eigenvalue weighted by Gasteiger charge is 2.31. The van der Waals surface area contributed by atoms with Crippen LogP contribution in [0.25, 0.3) is 0 Å². The van der Waals surface area contributed by atoms with Crippen LogP contribution in [0.2, 0.25) is 10.0 Å².